The van der Waals surface area contributed by atoms with Crippen molar-refractivity contribution < 1.29 is 42.8 Å². The average molecular weight is 165 g/mol. The molecule has 0 atom stereocenters. The number of hydrogen-bond donors (Lipinski definition) is 1. The molecule has 1 radical (unpaired) electrons. The van der Waals surface area contributed by atoms with E-state index in [4.69, 9.17) is 5.21 Å². The molecule has 0 aliphatic rings. The number of rotatable bonds is 0. The molecule has 0 fully saturated rings. The molecule has 4 nitrogen and oxygen atoms in total. The second-order valence-corrected chi connectivity index (χ2v) is 0.554. The van der Waals surface area contributed by atoms with Gasteiger partial charge >= 0.3 is 0 Å². The largest absolute Gasteiger partial charge is 0.598 e. The molecule has 0 rings (SSSR count). The molecule has 0 aromatic rings. The third-order valence-electron chi connectivity index (χ3n) is 0.126. The number of hydroxylamine groups is 1. The van der Waals surface area contributed by atoms with E-state index in [2.05, 4.69) is 5.28 Å². The summed E-state index contributed by atoms with van der Waals surface area (Å²) in [7, 11) is 1.08. The van der Waals surface area contributed by atoms with Crippen molar-refractivity contribution in [2.75, 3.05) is 7.05 Å². The van der Waals surface area contributed by atoms with Gasteiger partial charge < -0.3 is 10.4 Å². The van der Waals surface area contributed by atoms with Gasteiger partial charge in [-0.15, -0.1) is 0 Å². The molecule has 0 aromatic heterocycles. The van der Waals surface area contributed by atoms with Gasteiger partial charge in [0.15, 0.2) is 12.3 Å². The number of hydrogen-bond acceptors (Lipinski definition) is 2. The van der Waals surface area contributed by atoms with Gasteiger partial charge in [-0.2, -0.15) is 0 Å². The quantitative estimate of drug-likeness (QED) is 0.311. The Morgan fingerprint density at radius 1 is 1.83 bits per heavy atom. The molecule has 0 unspecified atom stereocenters. The normalized spacial score (nSPS) is 9.83. The van der Waals surface area contributed by atoms with Crippen molar-refractivity contribution in [3.8, 4) is 0 Å². The molecule has 0 aromatic carbocycles. The van der Waals surface area contributed by atoms with E-state index in [1.54, 1.807) is 0 Å². The van der Waals surface area contributed by atoms with Crippen LogP contribution in [-0.4, -0.2) is 17.1 Å². The molecule has 5 heteroatoms. The van der Waals surface area contributed by atoms with E-state index in [1.165, 1.54) is 0 Å². The summed E-state index contributed by atoms with van der Waals surface area (Å²) in [4.78, 5) is 0.0556. The SMILES string of the molecule is C/[N+]([O-])=N/O.[Y]. The van der Waals surface area contributed by atoms with E-state index < -0.39 is 0 Å². The maximum Gasteiger partial charge on any atom is 0.197 e. The van der Waals surface area contributed by atoms with Gasteiger partial charge in [-0.25, -0.2) is 0 Å². The molecule has 0 saturated carbocycles. The third-order valence-corrected chi connectivity index (χ3v) is 0.126. The Morgan fingerprint density at radius 2 is 2.00 bits per heavy atom. The van der Waals surface area contributed by atoms with Gasteiger partial charge in [-0.1, -0.05) is 4.86 Å². The zero-order valence-corrected chi connectivity index (χ0v) is 6.17. The van der Waals surface area contributed by atoms with E-state index in [0.717, 1.165) is 7.05 Å². The first-order chi connectivity index (χ1) is 2.27. The molecule has 0 bridgehead atoms. The molecular weight excluding hydrogens is 161 g/mol. The van der Waals surface area contributed by atoms with Crippen LogP contribution in [0.5, 0.6) is 0 Å². The molecule has 0 spiro atoms. The average Bonchev–Trinajstić information content (AvgIpc) is 1.38. The molecule has 1 N–H and O–H groups in total. The van der Waals surface area contributed by atoms with E-state index >= 15 is 0 Å². The number of nitrogens with zero attached hydrogens (tertiary/aromatic N) is 2. The van der Waals surface area contributed by atoms with Crippen molar-refractivity contribution in [3.63, 3.8) is 0 Å². The van der Waals surface area contributed by atoms with Crippen molar-refractivity contribution in [1.29, 1.82) is 0 Å². The fraction of sp³-hybridized carbons (Fsp3) is 1.00. The summed E-state index contributed by atoms with van der Waals surface area (Å²) in [5, 5.41) is 18.9. The molecule has 0 aliphatic heterocycles. The first-order valence-corrected chi connectivity index (χ1v) is 1.03. The fourth-order valence-corrected chi connectivity index (χ4v) is 0. The van der Waals surface area contributed by atoms with Crippen LogP contribution in [0.15, 0.2) is 5.28 Å². The van der Waals surface area contributed by atoms with E-state index in [9.17, 15) is 5.21 Å². The van der Waals surface area contributed by atoms with Crippen LogP contribution < -0.4 is 0 Å². The zero-order chi connectivity index (χ0) is 4.28. The van der Waals surface area contributed by atoms with Gasteiger partial charge in [0.25, 0.3) is 0 Å². The summed E-state index contributed by atoms with van der Waals surface area (Å²) in [5.41, 5.74) is 0. The second-order valence-electron chi connectivity index (χ2n) is 0.554. The third kappa shape index (κ3) is 8.85. The summed E-state index contributed by atoms with van der Waals surface area (Å²) in [6, 6.07) is 0. The molecule has 33 valence electrons. The standard InChI is InChI=1S/CH4N2O2.Y/c1-3(5)2-4;/h4H,1H3;/b3-2-;. The Hall–Kier alpha value is 0.304. The minimum atomic E-state index is 0. The van der Waals surface area contributed by atoms with Crippen LogP contribution in [0.1, 0.15) is 0 Å². The first-order valence-electron chi connectivity index (χ1n) is 1.03. The van der Waals surface area contributed by atoms with Crippen LogP contribution in [0.4, 0.5) is 0 Å². The maximum absolute atomic E-state index is 9.31. The van der Waals surface area contributed by atoms with Crippen molar-refractivity contribution in [1.82, 2.24) is 0 Å². The van der Waals surface area contributed by atoms with Gasteiger partial charge in [-0.05, 0) is 0 Å². The van der Waals surface area contributed by atoms with E-state index in [0.29, 0.717) is 0 Å². The van der Waals surface area contributed by atoms with Crippen molar-refractivity contribution >= 4 is 0 Å². The van der Waals surface area contributed by atoms with Gasteiger partial charge in [0.1, 0.15) is 0 Å². The molecular formula is CH4N2O2Y. The van der Waals surface area contributed by atoms with Crippen LogP contribution in [0.25, 0.3) is 0 Å². The van der Waals surface area contributed by atoms with Crippen molar-refractivity contribution in [2.45, 2.75) is 0 Å². The minimum absolute atomic E-state index is 0. The Balaban J connectivity index is 0. The van der Waals surface area contributed by atoms with Crippen LogP contribution >= 0.6 is 0 Å². The Labute approximate surface area is 60.3 Å². The van der Waals surface area contributed by atoms with Crippen LogP contribution in [0.3, 0.4) is 0 Å². The molecule has 0 amide bonds. The van der Waals surface area contributed by atoms with Crippen molar-refractivity contribution in [3.05, 3.63) is 5.21 Å². The van der Waals surface area contributed by atoms with Crippen molar-refractivity contribution in [2.24, 2.45) is 5.28 Å². The van der Waals surface area contributed by atoms with Crippen LogP contribution in [0.2, 0.25) is 0 Å². The van der Waals surface area contributed by atoms with E-state index in [1.807, 2.05) is 0 Å². The molecule has 0 aliphatic carbocycles. The van der Waals surface area contributed by atoms with E-state index in [-0.39, 0.29) is 37.6 Å². The Morgan fingerprint density at radius 3 is 2.00 bits per heavy atom. The van der Waals surface area contributed by atoms with Gasteiger partial charge in [0, 0.05) is 32.7 Å². The maximum atomic E-state index is 9.31. The monoisotopic (exact) mass is 165 g/mol. The van der Waals surface area contributed by atoms with Gasteiger partial charge in [0.05, 0.1) is 0 Å². The second kappa shape index (κ2) is 5.30. The van der Waals surface area contributed by atoms with Crippen LogP contribution in [-0.2, 0) is 32.7 Å². The summed E-state index contributed by atoms with van der Waals surface area (Å²) >= 11 is 0. The topological polar surface area (TPSA) is 58.7 Å². The summed E-state index contributed by atoms with van der Waals surface area (Å²) in [6.45, 7) is 0. The predicted molar refractivity (Wildman–Crippen MR) is 13.8 cm³/mol. The van der Waals surface area contributed by atoms with Gasteiger partial charge in [0.2, 0.25) is 0 Å². The zero-order valence-electron chi connectivity index (χ0n) is 3.33. The summed E-state index contributed by atoms with van der Waals surface area (Å²) < 4.78 is 0. The Bertz CT molecular complexity index is 49.5. The van der Waals surface area contributed by atoms with Crippen LogP contribution in [0, 0.1) is 5.21 Å². The Kier molecular flexibility index (Phi) is 8.46. The van der Waals surface area contributed by atoms with Gasteiger partial charge in [-0.3, -0.25) is 0 Å². The summed E-state index contributed by atoms with van der Waals surface area (Å²) in [5.74, 6) is 0. The fourth-order valence-electron chi connectivity index (χ4n) is 0. The smallest absolute Gasteiger partial charge is 0.197 e. The molecule has 6 heavy (non-hydrogen) atoms. The molecule has 0 saturated heterocycles. The first kappa shape index (κ1) is 9.57. The minimum Gasteiger partial charge on any atom is -0.598 e. The predicted octanol–water partition coefficient (Wildman–Crippen LogP) is -0.0346. The molecule has 0 heterocycles. The summed E-state index contributed by atoms with van der Waals surface area (Å²) in [6.07, 6.45) is 0.